The average Bonchev–Trinajstić information content (AvgIpc) is 3.22. The summed E-state index contributed by atoms with van der Waals surface area (Å²) in [6, 6.07) is 7.61. The quantitative estimate of drug-likeness (QED) is 0.833. The van der Waals surface area contributed by atoms with Crippen LogP contribution in [0.1, 0.15) is 26.7 Å². The molecule has 3 rings (SSSR count). The van der Waals surface area contributed by atoms with Gasteiger partial charge in [-0.1, -0.05) is 26.0 Å². The Kier molecular flexibility index (Phi) is 5.39. The number of nitrogen functional groups attached to an aromatic ring is 1. The number of nitrogens with zero attached hydrogens (tertiary/aromatic N) is 3. The van der Waals surface area contributed by atoms with Crippen molar-refractivity contribution in [3.8, 4) is 11.3 Å². The number of hydrogen-bond donors (Lipinski definition) is 1. The molecule has 1 aromatic heterocycles. The Labute approximate surface area is 153 Å². The molecule has 2 aromatic rings. The number of hydrogen-bond acceptors (Lipinski definition) is 5. The van der Waals surface area contributed by atoms with Crippen LogP contribution in [-0.2, 0) is 4.79 Å². The van der Waals surface area contributed by atoms with E-state index >= 15 is 0 Å². The normalized spacial score (nSPS) is 18.0. The van der Waals surface area contributed by atoms with Gasteiger partial charge < -0.3 is 5.73 Å². The summed E-state index contributed by atoms with van der Waals surface area (Å²) < 4.78 is 0. The summed E-state index contributed by atoms with van der Waals surface area (Å²) in [5.74, 6) is 1.47. The van der Waals surface area contributed by atoms with E-state index < -0.39 is 0 Å². The molecule has 1 radical (unpaired) electrons. The second-order valence-corrected chi connectivity index (χ2v) is 7.71. The number of likely N-dealkylation sites (N-methyl/N-ethyl adjacent to an activating group) is 1. The van der Waals surface area contributed by atoms with E-state index in [1.807, 2.05) is 36.7 Å². The van der Waals surface area contributed by atoms with Crippen LogP contribution in [0, 0.1) is 5.92 Å². The first kappa shape index (κ1) is 17.9. The molecule has 1 aliphatic rings. The molecule has 0 aliphatic carbocycles. The lowest BCUT2D eigenvalue weighted by Gasteiger charge is -2.27. The Morgan fingerprint density at radius 1 is 1.44 bits per heavy atom. The molecule has 1 aromatic carbocycles. The number of carbonyl (C=O) groups is 1. The predicted octanol–water partition coefficient (Wildman–Crippen LogP) is 3.43. The van der Waals surface area contributed by atoms with Gasteiger partial charge in [0.25, 0.3) is 0 Å². The summed E-state index contributed by atoms with van der Waals surface area (Å²) >= 11 is 1.49. The molecule has 0 unspecified atom stereocenters. The number of amides is 1. The molecule has 133 valence electrons. The molecule has 1 amide bonds. The standard InChI is InChI=1S/C19H25N4OS/c1-13(2)11-23-9-5-8-17(23)18(24)22(3)19-21-16(12-25-19)14-6-4-7-15(20)10-14/h4,6-7,10,12,17H,5,8-9,11,20H2,1-3H3/t17-/m0/s1. The predicted molar refractivity (Wildman–Crippen MR) is 105 cm³/mol. The number of thiazole rings is 1. The first-order valence-electron chi connectivity index (χ1n) is 8.58. The van der Waals surface area contributed by atoms with Gasteiger partial charge in [0.2, 0.25) is 5.91 Å². The average molecular weight is 358 g/mol. The summed E-state index contributed by atoms with van der Waals surface area (Å²) in [5, 5.41) is 2.70. The van der Waals surface area contributed by atoms with Crippen LogP contribution >= 0.6 is 11.3 Å². The van der Waals surface area contributed by atoms with Crippen molar-refractivity contribution in [1.29, 1.82) is 0 Å². The van der Waals surface area contributed by atoms with E-state index in [9.17, 15) is 4.79 Å². The zero-order valence-corrected chi connectivity index (χ0v) is 15.8. The summed E-state index contributed by atoms with van der Waals surface area (Å²) in [4.78, 5) is 21.6. The third kappa shape index (κ3) is 4.02. The third-order valence-electron chi connectivity index (χ3n) is 4.46. The van der Waals surface area contributed by atoms with Gasteiger partial charge in [-0.15, -0.1) is 11.3 Å². The minimum absolute atomic E-state index is 0.0420. The molecule has 0 saturated carbocycles. The lowest BCUT2D eigenvalue weighted by atomic mass is 10.1. The van der Waals surface area contributed by atoms with Crippen LogP contribution in [0.5, 0.6) is 0 Å². The molecule has 0 bridgehead atoms. The monoisotopic (exact) mass is 357 g/mol. The van der Waals surface area contributed by atoms with Crippen LogP contribution in [0.2, 0.25) is 0 Å². The van der Waals surface area contributed by atoms with Crippen LogP contribution in [0.3, 0.4) is 0 Å². The van der Waals surface area contributed by atoms with Gasteiger partial charge in [-0.3, -0.25) is 14.6 Å². The molecule has 6 heteroatoms. The zero-order chi connectivity index (χ0) is 18.0. The molecule has 2 heterocycles. The number of carbonyl (C=O) groups excluding carboxylic acids is 1. The Hall–Kier alpha value is -1.92. The molecule has 5 nitrogen and oxygen atoms in total. The number of likely N-dealkylation sites (tertiary alicyclic amines) is 1. The summed E-state index contributed by atoms with van der Waals surface area (Å²) in [6.07, 6.45) is 1.99. The van der Waals surface area contributed by atoms with Crippen molar-refractivity contribution < 1.29 is 4.79 Å². The smallest absolute Gasteiger partial charge is 0.245 e. The summed E-state index contributed by atoms with van der Waals surface area (Å²) in [6.45, 7) is 6.10. The highest BCUT2D eigenvalue weighted by atomic mass is 32.1. The van der Waals surface area contributed by atoms with E-state index in [2.05, 4.69) is 23.7 Å². The van der Waals surface area contributed by atoms with Crippen LogP contribution < -0.4 is 10.6 Å². The fourth-order valence-corrected chi connectivity index (χ4v) is 4.07. The highest BCUT2D eigenvalue weighted by molar-refractivity contribution is 7.14. The highest BCUT2D eigenvalue weighted by Gasteiger charge is 2.33. The van der Waals surface area contributed by atoms with E-state index in [0.717, 1.165) is 42.3 Å². The van der Waals surface area contributed by atoms with Gasteiger partial charge in [0.05, 0.1) is 11.7 Å². The van der Waals surface area contributed by atoms with Crippen LogP contribution in [-0.4, -0.2) is 42.0 Å². The lowest BCUT2D eigenvalue weighted by molar-refractivity contribution is -0.122. The molecule has 25 heavy (non-hydrogen) atoms. The molecule has 1 fully saturated rings. The van der Waals surface area contributed by atoms with Crippen molar-refractivity contribution in [3.63, 3.8) is 0 Å². The van der Waals surface area contributed by atoms with E-state index in [0.29, 0.717) is 5.69 Å². The van der Waals surface area contributed by atoms with Gasteiger partial charge in [0, 0.05) is 30.2 Å². The molecular weight excluding hydrogens is 332 g/mol. The molecule has 1 aliphatic heterocycles. The van der Waals surface area contributed by atoms with Crippen molar-refractivity contribution in [2.24, 2.45) is 0 Å². The SMILES string of the molecule is C[C](C)CN1CCC[C@H]1C(=O)N(C)c1nc(-c2cccc(N)c2)cs1. The van der Waals surface area contributed by atoms with Crippen molar-refractivity contribution in [2.75, 3.05) is 30.8 Å². The van der Waals surface area contributed by atoms with Gasteiger partial charge in [-0.2, -0.15) is 0 Å². The van der Waals surface area contributed by atoms with Crippen molar-refractivity contribution in [1.82, 2.24) is 9.88 Å². The topological polar surface area (TPSA) is 62.5 Å². The number of nitrogens with two attached hydrogens (primary N) is 1. The highest BCUT2D eigenvalue weighted by Crippen LogP contribution is 2.29. The first-order chi connectivity index (χ1) is 12.0. The van der Waals surface area contributed by atoms with Gasteiger partial charge in [-0.25, -0.2) is 4.98 Å². The van der Waals surface area contributed by atoms with Crippen molar-refractivity contribution in [2.45, 2.75) is 32.7 Å². The lowest BCUT2D eigenvalue weighted by Crippen LogP contribution is -2.45. The van der Waals surface area contributed by atoms with Crippen LogP contribution in [0.15, 0.2) is 29.6 Å². The molecule has 1 atom stereocenters. The Morgan fingerprint density at radius 2 is 2.24 bits per heavy atom. The fraction of sp³-hybridized carbons (Fsp3) is 0.421. The van der Waals surface area contributed by atoms with Crippen LogP contribution in [0.4, 0.5) is 10.8 Å². The minimum Gasteiger partial charge on any atom is -0.399 e. The maximum atomic E-state index is 13.0. The summed E-state index contributed by atoms with van der Waals surface area (Å²) in [7, 11) is 1.82. The molecular formula is C19H25N4OS. The van der Waals surface area contributed by atoms with E-state index in [1.165, 1.54) is 17.3 Å². The molecule has 0 spiro atoms. The minimum atomic E-state index is -0.0420. The second-order valence-electron chi connectivity index (χ2n) is 6.87. The molecule has 2 N–H and O–H groups in total. The van der Waals surface area contributed by atoms with Gasteiger partial charge in [0.15, 0.2) is 5.13 Å². The maximum absolute atomic E-state index is 13.0. The van der Waals surface area contributed by atoms with Crippen molar-refractivity contribution >= 4 is 28.1 Å². The second kappa shape index (κ2) is 7.54. The zero-order valence-electron chi connectivity index (χ0n) is 15.0. The van der Waals surface area contributed by atoms with E-state index in [1.54, 1.807) is 4.90 Å². The first-order valence-corrected chi connectivity index (χ1v) is 9.46. The van der Waals surface area contributed by atoms with E-state index in [4.69, 9.17) is 5.73 Å². The van der Waals surface area contributed by atoms with Gasteiger partial charge in [-0.05, 0) is 37.4 Å². The van der Waals surface area contributed by atoms with E-state index in [-0.39, 0.29) is 11.9 Å². The Bertz CT molecular complexity index is 743. The number of aromatic nitrogens is 1. The van der Waals surface area contributed by atoms with Gasteiger partial charge in [0.1, 0.15) is 0 Å². The maximum Gasteiger partial charge on any atom is 0.245 e. The summed E-state index contributed by atoms with van der Waals surface area (Å²) in [5.41, 5.74) is 8.39. The fourth-order valence-electron chi connectivity index (χ4n) is 3.27. The third-order valence-corrected chi connectivity index (χ3v) is 5.38. The van der Waals surface area contributed by atoms with Crippen LogP contribution in [0.25, 0.3) is 11.3 Å². The number of anilines is 2. The Morgan fingerprint density at radius 3 is 2.96 bits per heavy atom. The number of rotatable bonds is 5. The number of benzene rings is 1. The molecule has 1 saturated heterocycles. The largest absolute Gasteiger partial charge is 0.399 e. The Balaban J connectivity index is 1.74. The van der Waals surface area contributed by atoms with Crippen molar-refractivity contribution in [3.05, 3.63) is 35.6 Å². The van der Waals surface area contributed by atoms with Gasteiger partial charge >= 0.3 is 0 Å².